The number of carbonyl (C=O) groups excluding carboxylic acids is 1. The van der Waals surface area contributed by atoms with E-state index in [0.717, 1.165) is 42.9 Å². The lowest BCUT2D eigenvalue weighted by molar-refractivity contribution is -0.347. The number of rotatable bonds is 5. The number of halogens is 5. The summed E-state index contributed by atoms with van der Waals surface area (Å²) in [5.41, 5.74) is -3.36. The highest BCUT2D eigenvalue weighted by Crippen LogP contribution is 2.82. The molecule has 0 unspecified atom stereocenters. The largest absolute Gasteiger partial charge is 0.416 e. The summed E-state index contributed by atoms with van der Waals surface area (Å²) in [5, 5.41) is 17.3. The minimum Gasteiger partial charge on any atom is -0.382 e. The summed E-state index contributed by atoms with van der Waals surface area (Å²) < 4.78 is 69.1. The van der Waals surface area contributed by atoms with E-state index in [-0.39, 0.29) is 34.3 Å². The van der Waals surface area contributed by atoms with Crippen molar-refractivity contribution in [2.45, 2.75) is 68.6 Å². The lowest BCUT2D eigenvalue weighted by atomic mass is 9.29. The van der Waals surface area contributed by atoms with E-state index in [2.05, 4.69) is 15.2 Å². The Labute approximate surface area is 227 Å². The SMILES string of the molecule is O=C(N1CC(C23CC(C(F)(F)c4ccc(C(F)(F)F)cc4)(C2)C3)C1)N1CC2(CC(c3nc(C4(O)CC4)n[nH]3)C2)C1. The molecule has 2 aliphatic heterocycles. The summed E-state index contributed by atoms with van der Waals surface area (Å²) in [6, 6.07) is 3.29. The molecule has 5 aliphatic carbocycles. The van der Waals surface area contributed by atoms with Crippen molar-refractivity contribution in [2.75, 3.05) is 26.2 Å². The van der Waals surface area contributed by atoms with Crippen molar-refractivity contribution in [3.63, 3.8) is 0 Å². The van der Waals surface area contributed by atoms with Gasteiger partial charge in [-0.15, -0.1) is 0 Å². The molecule has 7 aliphatic rings. The van der Waals surface area contributed by atoms with Gasteiger partial charge in [0.05, 0.1) is 5.56 Å². The number of urea groups is 1. The molecule has 7 fully saturated rings. The van der Waals surface area contributed by atoms with Gasteiger partial charge in [-0.05, 0) is 68.4 Å². The van der Waals surface area contributed by atoms with Crippen molar-refractivity contribution < 1.29 is 31.9 Å². The van der Waals surface area contributed by atoms with Gasteiger partial charge in [-0.2, -0.15) is 18.3 Å². The third-order valence-corrected chi connectivity index (χ3v) is 11.0. The van der Waals surface area contributed by atoms with Crippen LogP contribution in [-0.4, -0.2) is 62.3 Å². The summed E-state index contributed by atoms with van der Waals surface area (Å²) in [6.07, 6.45) is -0.215. The first-order valence-electron chi connectivity index (χ1n) is 14.0. The van der Waals surface area contributed by atoms with Crippen LogP contribution in [0.3, 0.4) is 0 Å². The van der Waals surface area contributed by atoms with E-state index in [1.165, 1.54) is 0 Å². The van der Waals surface area contributed by atoms with Gasteiger partial charge in [0.2, 0.25) is 0 Å². The van der Waals surface area contributed by atoms with Crippen LogP contribution in [-0.2, 0) is 17.7 Å². The first kappa shape index (κ1) is 25.0. The topological polar surface area (TPSA) is 85.3 Å². The molecule has 2 saturated heterocycles. The summed E-state index contributed by atoms with van der Waals surface area (Å²) in [5.74, 6) is -1.40. The van der Waals surface area contributed by atoms with Gasteiger partial charge in [-0.1, -0.05) is 12.1 Å². The van der Waals surface area contributed by atoms with Crippen molar-refractivity contribution in [3.8, 4) is 0 Å². The minimum atomic E-state index is -4.55. The highest BCUT2D eigenvalue weighted by Gasteiger charge is 2.79. The van der Waals surface area contributed by atoms with E-state index < -0.39 is 28.7 Å². The van der Waals surface area contributed by atoms with E-state index in [4.69, 9.17) is 0 Å². The van der Waals surface area contributed by atoms with Gasteiger partial charge in [0.15, 0.2) is 5.82 Å². The summed E-state index contributed by atoms with van der Waals surface area (Å²) in [4.78, 5) is 21.2. The number of nitrogens with zero attached hydrogens (tertiary/aromatic N) is 4. The summed E-state index contributed by atoms with van der Waals surface area (Å²) >= 11 is 0. The Balaban J connectivity index is 0.809. The Morgan fingerprint density at radius 2 is 1.55 bits per heavy atom. The van der Waals surface area contributed by atoms with Crippen LogP contribution >= 0.6 is 0 Å². The predicted octanol–water partition coefficient (Wildman–Crippen LogP) is 5.00. The molecule has 214 valence electrons. The molecule has 1 aromatic heterocycles. The number of alkyl halides is 5. The monoisotopic (exact) mass is 563 g/mol. The lowest BCUT2D eigenvalue weighted by Gasteiger charge is -2.77. The molecule has 12 heteroatoms. The van der Waals surface area contributed by atoms with Crippen LogP contribution in [0.5, 0.6) is 0 Å². The first-order chi connectivity index (χ1) is 18.8. The number of hydrogen-bond acceptors (Lipinski definition) is 4. The second-order valence-corrected chi connectivity index (χ2v) is 13.7. The zero-order chi connectivity index (χ0) is 27.9. The molecule has 3 heterocycles. The maximum Gasteiger partial charge on any atom is 0.416 e. The van der Waals surface area contributed by atoms with Gasteiger partial charge in [0.1, 0.15) is 11.4 Å². The molecule has 7 nitrogen and oxygen atoms in total. The zero-order valence-electron chi connectivity index (χ0n) is 21.8. The first-order valence-corrected chi connectivity index (χ1v) is 14.0. The molecule has 0 radical (unpaired) electrons. The third-order valence-electron chi connectivity index (χ3n) is 11.0. The number of carbonyl (C=O) groups is 1. The number of aromatic amines is 1. The van der Waals surface area contributed by atoms with Gasteiger partial charge >= 0.3 is 12.2 Å². The third kappa shape index (κ3) is 3.28. The van der Waals surface area contributed by atoms with Crippen molar-refractivity contribution in [1.29, 1.82) is 0 Å². The fourth-order valence-electron chi connectivity index (χ4n) is 8.37. The Bertz CT molecular complexity index is 1360. The number of likely N-dealkylation sites (tertiary alicyclic amines) is 2. The van der Waals surface area contributed by atoms with Crippen LogP contribution in [0.15, 0.2) is 24.3 Å². The van der Waals surface area contributed by atoms with Crippen LogP contribution in [0.1, 0.15) is 73.6 Å². The normalized spacial score (nSPS) is 32.0. The number of nitrogens with one attached hydrogen (secondary N) is 1. The fraction of sp³-hybridized carbons (Fsp3) is 0.679. The molecule has 2 bridgehead atoms. The van der Waals surface area contributed by atoms with Crippen molar-refractivity contribution >= 4 is 6.03 Å². The Hall–Kier alpha value is -2.76. The van der Waals surface area contributed by atoms with E-state index in [1.807, 2.05) is 9.80 Å². The smallest absolute Gasteiger partial charge is 0.382 e. The number of aromatic nitrogens is 3. The highest BCUT2D eigenvalue weighted by molar-refractivity contribution is 5.76. The molecule has 40 heavy (non-hydrogen) atoms. The quantitative estimate of drug-likeness (QED) is 0.502. The van der Waals surface area contributed by atoms with E-state index in [1.54, 1.807) is 0 Å². The van der Waals surface area contributed by atoms with E-state index >= 15 is 8.78 Å². The van der Waals surface area contributed by atoms with Crippen molar-refractivity contribution in [2.24, 2.45) is 22.2 Å². The molecular weight excluding hydrogens is 533 g/mol. The minimum absolute atomic E-state index is 0.0135. The number of aliphatic hydroxyl groups is 1. The van der Waals surface area contributed by atoms with Gasteiger partial charge in [-0.25, -0.2) is 18.6 Å². The predicted molar refractivity (Wildman–Crippen MR) is 130 cm³/mol. The standard InChI is InChI=1S/C28H30F5N5O2/c29-27(30,17-1-3-18(4-2-17)28(31,32)33)25-11-24(12-25,13-25)19-9-37(10-19)22(39)38-14-23(15-38)7-16(8-23)20-34-21(36-35-20)26(40)5-6-26/h1-4,16,19,40H,5-15H2,(H,34,35,36). The number of hydrogen-bond donors (Lipinski definition) is 2. The molecule has 2 N–H and O–H groups in total. The van der Waals surface area contributed by atoms with Crippen LogP contribution in [0.25, 0.3) is 0 Å². The number of benzene rings is 1. The number of H-pyrrole nitrogens is 1. The van der Waals surface area contributed by atoms with Crippen molar-refractivity contribution in [3.05, 3.63) is 47.0 Å². The Morgan fingerprint density at radius 3 is 2.12 bits per heavy atom. The molecular formula is C28H30F5N5O2. The maximum atomic E-state index is 15.3. The van der Waals surface area contributed by atoms with Crippen LogP contribution in [0.2, 0.25) is 0 Å². The maximum absolute atomic E-state index is 15.3. The molecule has 2 amide bonds. The van der Waals surface area contributed by atoms with Gasteiger partial charge < -0.3 is 14.9 Å². The molecule has 9 rings (SSSR count). The van der Waals surface area contributed by atoms with Gasteiger partial charge in [-0.3, -0.25) is 5.10 Å². The second kappa shape index (κ2) is 7.35. The number of amides is 2. The highest BCUT2D eigenvalue weighted by atomic mass is 19.4. The molecule has 2 aromatic rings. The second-order valence-electron chi connectivity index (χ2n) is 13.7. The van der Waals surface area contributed by atoms with E-state index in [0.29, 0.717) is 64.1 Å². The van der Waals surface area contributed by atoms with Crippen molar-refractivity contribution in [1.82, 2.24) is 25.0 Å². The molecule has 0 atom stereocenters. The summed E-state index contributed by atoms with van der Waals surface area (Å²) in [7, 11) is 0. The Morgan fingerprint density at radius 1 is 0.950 bits per heavy atom. The molecule has 1 spiro atoms. The van der Waals surface area contributed by atoms with Crippen LogP contribution in [0.4, 0.5) is 26.7 Å². The summed E-state index contributed by atoms with van der Waals surface area (Å²) in [6.45, 7) is 2.58. The van der Waals surface area contributed by atoms with Gasteiger partial charge in [0, 0.05) is 48.5 Å². The zero-order valence-corrected chi connectivity index (χ0v) is 21.8. The average molecular weight is 564 g/mol. The molecule has 5 saturated carbocycles. The van der Waals surface area contributed by atoms with Gasteiger partial charge in [0.25, 0.3) is 5.92 Å². The average Bonchev–Trinajstić information content (AvgIpc) is 3.31. The van der Waals surface area contributed by atoms with Crippen LogP contribution in [0, 0.1) is 22.2 Å². The molecule has 1 aromatic carbocycles. The fourth-order valence-corrected chi connectivity index (χ4v) is 8.37. The Kier molecular flexibility index (Phi) is 4.59. The van der Waals surface area contributed by atoms with Crippen LogP contribution < -0.4 is 0 Å². The lowest BCUT2D eigenvalue weighted by Crippen LogP contribution is -2.76. The van der Waals surface area contributed by atoms with E-state index in [9.17, 15) is 23.1 Å².